The van der Waals surface area contributed by atoms with Crippen molar-refractivity contribution in [3.05, 3.63) is 45.8 Å². The molecule has 0 saturated carbocycles. The number of H-pyrrole nitrogens is 1. The molecule has 2 N–H and O–H groups in total. The number of nitrogens with one attached hydrogen (secondary N) is 2. The Morgan fingerprint density at radius 1 is 1.33 bits per heavy atom. The second-order valence-corrected chi connectivity index (χ2v) is 8.60. The van der Waals surface area contributed by atoms with Gasteiger partial charge in [0, 0.05) is 16.5 Å². The van der Waals surface area contributed by atoms with Crippen LogP contribution in [0.15, 0.2) is 39.6 Å². The Labute approximate surface area is 164 Å². The van der Waals surface area contributed by atoms with E-state index >= 15 is 0 Å². The predicted octanol–water partition coefficient (Wildman–Crippen LogP) is 4.19. The molecule has 1 aromatic carbocycles. The fourth-order valence-electron chi connectivity index (χ4n) is 2.48. The Hall–Kier alpha value is -2.19. The van der Waals surface area contributed by atoms with Crippen molar-refractivity contribution >= 4 is 39.2 Å². The summed E-state index contributed by atoms with van der Waals surface area (Å²) in [5.74, 6) is -0.255. The highest BCUT2D eigenvalue weighted by Crippen LogP contribution is 2.31. The van der Waals surface area contributed by atoms with Crippen molar-refractivity contribution in [2.45, 2.75) is 37.9 Å². The van der Waals surface area contributed by atoms with E-state index in [2.05, 4.69) is 15.3 Å². The SMILES string of the molecule is CCC(C)(C)NC(=O)CSc1nc2scc(-c3ccc(F)cc3)c2c(=O)[nH]1. The molecule has 5 nitrogen and oxygen atoms in total. The van der Waals surface area contributed by atoms with Crippen LogP contribution in [0.2, 0.25) is 0 Å². The first-order valence-corrected chi connectivity index (χ1v) is 10.4. The van der Waals surface area contributed by atoms with Crippen molar-refractivity contribution in [1.29, 1.82) is 0 Å². The van der Waals surface area contributed by atoms with Crippen LogP contribution in [0.25, 0.3) is 21.3 Å². The van der Waals surface area contributed by atoms with E-state index in [0.717, 1.165) is 17.5 Å². The van der Waals surface area contributed by atoms with Crippen LogP contribution in [0.3, 0.4) is 0 Å². The lowest BCUT2D eigenvalue weighted by atomic mass is 10.0. The van der Waals surface area contributed by atoms with E-state index in [9.17, 15) is 14.0 Å². The Kier molecular flexibility index (Phi) is 5.67. The lowest BCUT2D eigenvalue weighted by Gasteiger charge is -2.24. The van der Waals surface area contributed by atoms with Crippen LogP contribution in [0.4, 0.5) is 4.39 Å². The first-order valence-electron chi connectivity index (χ1n) is 8.50. The van der Waals surface area contributed by atoms with Crippen LogP contribution in [-0.2, 0) is 4.79 Å². The summed E-state index contributed by atoms with van der Waals surface area (Å²) in [5.41, 5.74) is 0.955. The average molecular weight is 406 g/mol. The molecule has 0 aliphatic carbocycles. The first-order chi connectivity index (χ1) is 12.8. The number of aromatic amines is 1. The van der Waals surface area contributed by atoms with Gasteiger partial charge in [-0.05, 0) is 38.0 Å². The minimum Gasteiger partial charge on any atom is -0.351 e. The summed E-state index contributed by atoms with van der Waals surface area (Å²) in [7, 11) is 0. The number of carbonyl (C=O) groups excluding carboxylic acids is 1. The van der Waals surface area contributed by atoms with Gasteiger partial charge in [0.1, 0.15) is 10.6 Å². The second-order valence-electron chi connectivity index (χ2n) is 6.78. The highest BCUT2D eigenvalue weighted by atomic mass is 32.2. The highest BCUT2D eigenvalue weighted by molar-refractivity contribution is 7.99. The minimum atomic E-state index is -0.325. The maximum atomic E-state index is 13.1. The molecule has 0 fully saturated rings. The molecule has 2 heterocycles. The molecule has 0 unspecified atom stereocenters. The molecule has 8 heteroatoms. The molecule has 3 aromatic rings. The molecule has 0 spiro atoms. The number of hydrogen-bond donors (Lipinski definition) is 2. The number of aromatic nitrogens is 2. The first kappa shape index (κ1) is 19.6. The maximum Gasteiger partial charge on any atom is 0.260 e. The molecule has 142 valence electrons. The van der Waals surface area contributed by atoms with Crippen LogP contribution in [0, 0.1) is 5.82 Å². The zero-order valence-corrected chi connectivity index (χ0v) is 16.9. The van der Waals surface area contributed by atoms with Gasteiger partial charge in [0.25, 0.3) is 5.56 Å². The normalized spacial score (nSPS) is 11.7. The van der Waals surface area contributed by atoms with Crippen molar-refractivity contribution < 1.29 is 9.18 Å². The van der Waals surface area contributed by atoms with Gasteiger partial charge < -0.3 is 10.3 Å². The molecule has 1 amide bonds. The number of hydrogen-bond acceptors (Lipinski definition) is 5. The molecule has 3 rings (SSSR count). The lowest BCUT2D eigenvalue weighted by Crippen LogP contribution is -2.43. The molecule has 0 aliphatic heterocycles. The van der Waals surface area contributed by atoms with Crippen LogP contribution in [0.5, 0.6) is 0 Å². The summed E-state index contributed by atoms with van der Waals surface area (Å²) in [6, 6.07) is 6.00. The van der Waals surface area contributed by atoms with E-state index in [1.165, 1.54) is 35.2 Å². The van der Waals surface area contributed by atoms with E-state index in [1.807, 2.05) is 26.2 Å². The fourth-order valence-corrected chi connectivity index (χ4v) is 4.14. The molecule has 0 saturated heterocycles. The lowest BCUT2D eigenvalue weighted by molar-refractivity contribution is -0.120. The quantitative estimate of drug-likeness (QED) is 0.476. The molecular weight excluding hydrogens is 385 g/mol. The Morgan fingerprint density at radius 3 is 2.70 bits per heavy atom. The van der Waals surface area contributed by atoms with E-state index in [0.29, 0.717) is 15.4 Å². The van der Waals surface area contributed by atoms with Crippen molar-refractivity contribution in [3.8, 4) is 11.1 Å². The zero-order valence-electron chi connectivity index (χ0n) is 15.3. The van der Waals surface area contributed by atoms with E-state index < -0.39 is 0 Å². The maximum absolute atomic E-state index is 13.1. The third kappa shape index (κ3) is 4.56. The Morgan fingerprint density at radius 2 is 2.04 bits per heavy atom. The van der Waals surface area contributed by atoms with E-state index in [-0.39, 0.29) is 28.6 Å². The van der Waals surface area contributed by atoms with Gasteiger partial charge >= 0.3 is 0 Å². The number of thiophene rings is 1. The number of fused-ring (bicyclic) bond motifs is 1. The number of halogens is 1. The molecule has 0 bridgehead atoms. The van der Waals surface area contributed by atoms with Gasteiger partial charge in [0.05, 0.1) is 11.1 Å². The minimum absolute atomic E-state index is 0.104. The van der Waals surface area contributed by atoms with E-state index in [4.69, 9.17) is 0 Å². The number of rotatable bonds is 6. The van der Waals surface area contributed by atoms with Crippen molar-refractivity contribution in [2.24, 2.45) is 0 Å². The number of nitrogens with zero attached hydrogens (tertiary/aromatic N) is 1. The summed E-state index contributed by atoms with van der Waals surface area (Å²) >= 11 is 2.54. The fraction of sp³-hybridized carbons (Fsp3) is 0.316. The second kappa shape index (κ2) is 7.82. The topological polar surface area (TPSA) is 74.8 Å². The summed E-state index contributed by atoms with van der Waals surface area (Å²) in [5, 5.41) is 5.67. The van der Waals surface area contributed by atoms with Gasteiger partial charge in [-0.2, -0.15) is 0 Å². The van der Waals surface area contributed by atoms with Crippen LogP contribution in [-0.4, -0.2) is 27.2 Å². The third-order valence-corrected chi connectivity index (χ3v) is 6.02. The monoisotopic (exact) mass is 405 g/mol. The predicted molar refractivity (Wildman–Crippen MR) is 109 cm³/mol. The summed E-state index contributed by atoms with van der Waals surface area (Å²) in [4.78, 5) is 32.4. The number of amides is 1. The molecule has 0 radical (unpaired) electrons. The summed E-state index contributed by atoms with van der Waals surface area (Å²) < 4.78 is 13.1. The Balaban J connectivity index is 1.81. The van der Waals surface area contributed by atoms with Gasteiger partial charge in [0.15, 0.2) is 5.16 Å². The Bertz CT molecular complexity index is 1030. The van der Waals surface area contributed by atoms with Crippen molar-refractivity contribution in [1.82, 2.24) is 15.3 Å². The van der Waals surface area contributed by atoms with Crippen LogP contribution in [0.1, 0.15) is 27.2 Å². The van der Waals surface area contributed by atoms with Crippen LogP contribution >= 0.6 is 23.1 Å². The zero-order chi connectivity index (χ0) is 19.6. The molecule has 27 heavy (non-hydrogen) atoms. The van der Waals surface area contributed by atoms with Gasteiger partial charge in [-0.25, -0.2) is 9.37 Å². The number of carbonyl (C=O) groups is 1. The van der Waals surface area contributed by atoms with Gasteiger partial charge in [-0.1, -0.05) is 30.8 Å². The third-order valence-electron chi connectivity index (χ3n) is 4.28. The van der Waals surface area contributed by atoms with Crippen LogP contribution < -0.4 is 10.9 Å². The van der Waals surface area contributed by atoms with E-state index in [1.54, 1.807) is 12.1 Å². The molecule has 0 atom stereocenters. The smallest absolute Gasteiger partial charge is 0.260 e. The van der Waals surface area contributed by atoms with Gasteiger partial charge in [-0.3, -0.25) is 9.59 Å². The van der Waals surface area contributed by atoms with Gasteiger partial charge in [0.2, 0.25) is 5.91 Å². The highest BCUT2D eigenvalue weighted by Gasteiger charge is 2.18. The average Bonchev–Trinajstić information content (AvgIpc) is 3.05. The standard InChI is InChI=1S/C19H20FN3O2S2/c1-4-19(2,3)23-14(24)10-27-18-21-16(25)15-13(9-26-17(15)22-18)11-5-7-12(20)8-6-11/h5-9H,4,10H2,1-3H3,(H,23,24)(H,21,22,25). The molecule has 2 aromatic heterocycles. The number of thioether (sulfide) groups is 1. The largest absolute Gasteiger partial charge is 0.351 e. The molecule has 0 aliphatic rings. The van der Waals surface area contributed by atoms with Gasteiger partial charge in [-0.15, -0.1) is 11.3 Å². The number of benzene rings is 1. The summed E-state index contributed by atoms with van der Waals surface area (Å²) in [6.07, 6.45) is 0.825. The van der Waals surface area contributed by atoms with Crippen molar-refractivity contribution in [3.63, 3.8) is 0 Å². The summed E-state index contributed by atoms with van der Waals surface area (Å²) in [6.45, 7) is 5.94. The van der Waals surface area contributed by atoms with Crippen molar-refractivity contribution in [2.75, 3.05) is 5.75 Å². The molecular formula is C19H20FN3O2S2.